The van der Waals surface area contributed by atoms with Crippen LogP contribution in [0.2, 0.25) is 0 Å². The van der Waals surface area contributed by atoms with Gasteiger partial charge in [-0.05, 0) is 281 Å². The van der Waals surface area contributed by atoms with E-state index in [9.17, 15) is 0 Å². The fourth-order valence-corrected chi connectivity index (χ4v) is 15.3. The van der Waals surface area contributed by atoms with Crippen LogP contribution in [0.1, 0.15) is 120 Å². The van der Waals surface area contributed by atoms with Crippen molar-refractivity contribution in [3.05, 3.63) is 192 Å². The topological polar surface area (TPSA) is 44.8 Å². The van der Waals surface area contributed by atoms with Gasteiger partial charge >= 0.3 is 7.82 Å². The number of fused-ring (bicyclic) bond motifs is 12. The molecule has 5 heteroatoms. The minimum atomic E-state index is -4.48. The molecule has 0 N–H and O–H groups in total. The van der Waals surface area contributed by atoms with Crippen LogP contribution >= 0.6 is 7.82 Å². The van der Waals surface area contributed by atoms with Gasteiger partial charge in [-0.2, -0.15) is 4.57 Å². The van der Waals surface area contributed by atoms with Gasteiger partial charge in [0.05, 0.1) is 0 Å². The third-order valence-electron chi connectivity index (χ3n) is 16.5. The Hall–Kier alpha value is -6.61. The summed E-state index contributed by atoms with van der Waals surface area (Å²) in [5.41, 5.74) is 34.1. The summed E-state index contributed by atoms with van der Waals surface area (Å²) < 4.78 is 38.0. The largest absolute Gasteiger partial charge is 0.647 e. The van der Waals surface area contributed by atoms with E-state index in [4.69, 9.17) is 13.6 Å². The Kier molecular flexibility index (Phi) is 11.6. The molecular formula is C68H67O4P. The van der Waals surface area contributed by atoms with Crippen molar-refractivity contribution in [3.63, 3.8) is 0 Å². The summed E-state index contributed by atoms with van der Waals surface area (Å²) in [5, 5.41) is 0. The van der Waals surface area contributed by atoms with E-state index in [-0.39, 0.29) is 0 Å². The minimum Gasteiger partial charge on any atom is -0.385 e. The predicted octanol–water partition coefficient (Wildman–Crippen LogP) is 18.7. The summed E-state index contributed by atoms with van der Waals surface area (Å²) in [6, 6.07) is 36.8. The summed E-state index contributed by atoms with van der Waals surface area (Å²) in [7, 11) is -4.48. The van der Waals surface area contributed by atoms with Crippen LogP contribution in [0, 0.1) is 76.2 Å². The standard InChI is InChI=1S/C68H67O4P/c1-37-22-41(5)61(42(6)23-37)51-21-20-50(58(36-51)63-45(9)26-39(3)27-46(63)10)31-55-30-48-16-12-14-18-56(48)65-66-57-19-15-13-17-49(57)35-59-52-32-53(62-43(7)24-38(2)25-44(62)8)34-54(33-52)64-47(11)28-40(4)29-60(64)70-73(69,71-67(55)65)72-68(59)66/h20-30,32-36H,12-19,31H2,1-11H3. The minimum absolute atomic E-state index is 0.497. The third kappa shape index (κ3) is 8.17. The molecular weight excluding hydrogens is 912 g/mol. The van der Waals surface area contributed by atoms with Crippen molar-refractivity contribution in [2.24, 2.45) is 0 Å². The zero-order valence-electron chi connectivity index (χ0n) is 44.7. The first-order chi connectivity index (χ1) is 35.0. The van der Waals surface area contributed by atoms with E-state index < -0.39 is 7.82 Å². The Balaban J connectivity index is 1.16. The molecule has 1 atom stereocenters. The molecule has 368 valence electrons. The Morgan fingerprint density at radius 1 is 0.370 bits per heavy atom. The number of benzene rings is 8. The van der Waals surface area contributed by atoms with Crippen LogP contribution in [-0.4, -0.2) is 0 Å². The number of phosphoric ester groups is 1. The summed E-state index contributed by atoms with van der Waals surface area (Å²) in [4.78, 5) is 0. The molecule has 4 bridgehead atoms. The van der Waals surface area contributed by atoms with Gasteiger partial charge in [-0.25, -0.2) is 0 Å². The fourth-order valence-electron chi connectivity index (χ4n) is 13.9. The lowest BCUT2D eigenvalue weighted by molar-refractivity contribution is 0.301. The Morgan fingerprint density at radius 3 is 1.41 bits per heavy atom. The third-order valence-corrected chi connectivity index (χ3v) is 17.7. The zero-order chi connectivity index (χ0) is 50.8. The van der Waals surface area contributed by atoms with Crippen LogP contribution in [-0.2, 0) is 36.7 Å². The molecule has 2 aliphatic heterocycles. The van der Waals surface area contributed by atoms with Crippen molar-refractivity contribution >= 4 is 7.82 Å². The molecule has 8 aromatic rings. The number of hydrogen-bond acceptors (Lipinski definition) is 4. The van der Waals surface area contributed by atoms with E-state index in [1.54, 1.807) is 0 Å². The first-order valence-corrected chi connectivity index (χ1v) is 28.2. The van der Waals surface area contributed by atoms with Crippen molar-refractivity contribution in [2.45, 2.75) is 134 Å². The highest BCUT2D eigenvalue weighted by atomic mass is 31.2. The van der Waals surface area contributed by atoms with Crippen LogP contribution in [0.15, 0.2) is 97.1 Å². The van der Waals surface area contributed by atoms with Gasteiger partial charge in [-0.1, -0.05) is 77.4 Å². The quantitative estimate of drug-likeness (QED) is 0.161. The molecule has 0 fully saturated rings. The van der Waals surface area contributed by atoms with Gasteiger partial charge in [0.1, 0.15) is 17.2 Å². The van der Waals surface area contributed by atoms with Crippen molar-refractivity contribution in [2.75, 3.05) is 0 Å². The normalized spacial score (nSPS) is 16.2. The molecule has 0 spiro atoms. The summed E-state index contributed by atoms with van der Waals surface area (Å²) >= 11 is 0. The van der Waals surface area contributed by atoms with Crippen LogP contribution in [0.25, 0.3) is 66.8 Å². The van der Waals surface area contributed by atoms with E-state index in [1.807, 2.05) is 6.07 Å². The van der Waals surface area contributed by atoms with Gasteiger partial charge in [0.15, 0.2) is 0 Å². The fraction of sp³-hybridized carbons (Fsp3) is 0.294. The van der Waals surface area contributed by atoms with E-state index in [0.29, 0.717) is 23.7 Å². The Morgan fingerprint density at radius 2 is 0.822 bits per heavy atom. The van der Waals surface area contributed by atoms with Crippen molar-refractivity contribution < 1.29 is 18.1 Å². The molecule has 12 rings (SSSR count). The molecule has 1 unspecified atom stereocenters. The zero-order valence-corrected chi connectivity index (χ0v) is 45.6. The summed E-state index contributed by atoms with van der Waals surface area (Å²) in [6.45, 7) is 24.2. The first-order valence-electron chi connectivity index (χ1n) is 26.7. The predicted molar refractivity (Wildman–Crippen MR) is 303 cm³/mol. The SMILES string of the molecule is Cc1cc(C)c(-c2cc3cc(c2)-c2c(C)cc(C)cc2OP2(=O)Oc4c(Cc5ccc(-c6c(C)cc(C)cc6C)cc5-c5c(C)cc(C)cc5C)cc5c(c4-c4c6c(cc-3c4O2)CCCC6)CCCC5)c(C)c1. The molecule has 0 amide bonds. The van der Waals surface area contributed by atoms with E-state index in [2.05, 4.69) is 167 Å². The Labute approximate surface area is 433 Å². The van der Waals surface area contributed by atoms with Crippen LogP contribution in [0.5, 0.6) is 17.2 Å². The maximum atomic E-state index is 16.5. The van der Waals surface area contributed by atoms with Crippen LogP contribution in [0.4, 0.5) is 0 Å². The van der Waals surface area contributed by atoms with Crippen molar-refractivity contribution in [1.29, 1.82) is 0 Å². The van der Waals surface area contributed by atoms with Crippen molar-refractivity contribution in [1.82, 2.24) is 0 Å². The van der Waals surface area contributed by atoms with Gasteiger partial charge < -0.3 is 13.6 Å². The van der Waals surface area contributed by atoms with E-state index in [0.717, 1.165) is 107 Å². The van der Waals surface area contributed by atoms with Gasteiger partial charge in [0.2, 0.25) is 0 Å². The number of rotatable bonds is 5. The lowest BCUT2D eigenvalue weighted by atomic mass is 9.77. The molecule has 0 saturated carbocycles. The molecule has 2 heterocycles. The average molecular weight is 979 g/mol. The molecule has 8 aromatic carbocycles. The highest BCUT2D eigenvalue weighted by Crippen LogP contribution is 2.64. The molecule has 0 aromatic heterocycles. The van der Waals surface area contributed by atoms with Crippen LogP contribution < -0.4 is 13.6 Å². The van der Waals surface area contributed by atoms with E-state index in [1.165, 1.54) is 106 Å². The highest BCUT2D eigenvalue weighted by Gasteiger charge is 2.44. The summed E-state index contributed by atoms with van der Waals surface area (Å²) in [6.07, 6.45) is 8.72. The van der Waals surface area contributed by atoms with Gasteiger partial charge in [-0.15, -0.1) is 0 Å². The second kappa shape index (κ2) is 17.8. The van der Waals surface area contributed by atoms with Crippen LogP contribution in [0.3, 0.4) is 0 Å². The maximum Gasteiger partial charge on any atom is 0.647 e. The first kappa shape index (κ1) is 47.4. The molecule has 4 aliphatic rings. The Bertz CT molecular complexity index is 3660. The van der Waals surface area contributed by atoms with Gasteiger partial charge in [-0.3, -0.25) is 0 Å². The van der Waals surface area contributed by atoms with Crippen molar-refractivity contribution in [3.8, 4) is 84.0 Å². The number of hydrogen-bond donors (Lipinski definition) is 0. The molecule has 2 aliphatic carbocycles. The lowest BCUT2D eigenvalue weighted by Gasteiger charge is -2.28. The van der Waals surface area contributed by atoms with Gasteiger partial charge in [0, 0.05) is 34.2 Å². The summed E-state index contributed by atoms with van der Waals surface area (Å²) in [5.74, 6) is 1.74. The highest BCUT2D eigenvalue weighted by molar-refractivity contribution is 7.49. The van der Waals surface area contributed by atoms with Gasteiger partial charge in [0.25, 0.3) is 0 Å². The number of phosphoric acid groups is 1. The number of aryl methyl sites for hydroxylation is 13. The van der Waals surface area contributed by atoms with E-state index >= 15 is 4.57 Å². The molecule has 0 radical (unpaired) electrons. The smallest absolute Gasteiger partial charge is 0.385 e. The molecule has 0 saturated heterocycles. The average Bonchev–Trinajstić information content (AvgIpc) is 3.45. The lowest BCUT2D eigenvalue weighted by Crippen LogP contribution is -2.11. The monoisotopic (exact) mass is 978 g/mol. The second-order valence-electron chi connectivity index (χ2n) is 22.4. The second-order valence-corrected chi connectivity index (χ2v) is 23.8. The maximum absolute atomic E-state index is 16.5. The molecule has 4 nitrogen and oxygen atoms in total. The molecule has 73 heavy (non-hydrogen) atoms.